The standard InChI is InChI=1S/C14H20ClN3O/c1-18-8-2-3-11(10-18)9-16-14(19)17-13-6-4-12(15)5-7-13/h4-7,11H,2-3,8-10H2,1H3,(H2,16,17,19)/t11-/m1/s1. The monoisotopic (exact) mass is 281 g/mol. The van der Waals surface area contributed by atoms with Crippen LogP contribution in [0.2, 0.25) is 5.02 Å². The number of anilines is 1. The van der Waals surface area contributed by atoms with Crippen LogP contribution in [0.15, 0.2) is 24.3 Å². The van der Waals surface area contributed by atoms with Gasteiger partial charge in [-0.25, -0.2) is 4.79 Å². The fraction of sp³-hybridized carbons (Fsp3) is 0.500. The van der Waals surface area contributed by atoms with E-state index in [2.05, 4.69) is 22.6 Å². The van der Waals surface area contributed by atoms with E-state index in [1.165, 1.54) is 12.8 Å². The van der Waals surface area contributed by atoms with Crippen molar-refractivity contribution < 1.29 is 4.79 Å². The Morgan fingerprint density at radius 2 is 2.16 bits per heavy atom. The normalized spacial score (nSPS) is 20.0. The van der Waals surface area contributed by atoms with Crippen molar-refractivity contribution >= 4 is 23.3 Å². The van der Waals surface area contributed by atoms with Crippen LogP contribution >= 0.6 is 11.6 Å². The molecule has 1 heterocycles. The van der Waals surface area contributed by atoms with E-state index < -0.39 is 0 Å². The molecule has 1 aliphatic rings. The van der Waals surface area contributed by atoms with E-state index in [9.17, 15) is 4.79 Å². The zero-order chi connectivity index (χ0) is 13.7. The van der Waals surface area contributed by atoms with Crippen LogP contribution in [0.25, 0.3) is 0 Å². The summed E-state index contributed by atoms with van der Waals surface area (Å²) >= 11 is 5.79. The molecule has 1 saturated heterocycles. The minimum absolute atomic E-state index is 0.157. The first kappa shape index (κ1) is 14.2. The Kier molecular flexibility index (Phi) is 5.05. The van der Waals surface area contributed by atoms with Gasteiger partial charge in [-0.3, -0.25) is 0 Å². The predicted molar refractivity (Wildman–Crippen MR) is 78.7 cm³/mol. The Morgan fingerprint density at radius 1 is 1.42 bits per heavy atom. The summed E-state index contributed by atoms with van der Waals surface area (Å²) < 4.78 is 0. The summed E-state index contributed by atoms with van der Waals surface area (Å²) in [6.07, 6.45) is 2.40. The highest BCUT2D eigenvalue weighted by Crippen LogP contribution is 2.15. The van der Waals surface area contributed by atoms with E-state index in [0.717, 1.165) is 25.3 Å². The number of halogens is 1. The highest BCUT2D eigenvalue weighted by atomic mass is 35.5. The molecule has 1 atom stereocenters. The molecule has 1 aromatic rings. The summed E-state index contributed by atoms with van der Waals surface area (Å²) in [4.78, 5) is 14.1. The Hall–Kier alpha value is -1.26. The summed E-state index contributed by atoms with van der Waals surface area (Å²) in [5.74, 6) is 0.551. The summed E-state index contributed by atoms with van der Waals surface area (Å²) in [6, 6.07) is 6.93. The van der Waals surface area contributed by atoms with Gasteiger partial charge in [0.25, 0.3) is 0 Å². The molecule has 0 aliphatic carbocycles. The molecule has 0 unspecified atom stereocenters. The second-order valence-corrected chi connectivity index (χ2v) is 5.55. The molecule has 2 rings (SSSR count). The van der Waals surface area contributed by atoms with Crippen molar-refractivity contribution in [2.45, 2.75) is 12.8 Å². The fourth-order valence-electron chi connectivity index (χ4n) is 2.39. The van der Waals surface area contributed by atoms with Gasteiger partial charge in [0.1, 0.15) is 0 Å². The molecule has 0 spiro atoms. The first-order valence-corrected chi connectivity index (χ1v) is 7.00. The molecule has 2 amide bonds. The second kappa shape index (κ2) is 6.78. The number of carbonyl (C=O) groups is 1. The van der Waals surface area contributed by atoms with Gasteiger partial charge in [0.05, 0.1) is 0 Å². The number of hydrogen-bond donors (Lipinski definition) is 2. The maximum atomic E-state index is 11.8. The summed E-state index contributed by atoms with van der Waals surface area (Å²) in [5, 5.41) is 6.39. The molecule has 5 heteroatoms. The molecule has 1 aliphatic heterocycles. The van der Waals surface area contributed by atoms with Crippen LogP contribution in [0.4, 0.5) is 10.5 Å². The van der Waals surface area contributed by atoms with Gasteiger partial charge in [0.2, 0.25) is 0 Å². The Morgan fingerprint density at radius 3 is 2.84 bits per heavy atom. The van der Waals surface area contributed by atoms with Crippen molar-refractivity contribution in [1.82, 2.24) is 10.2 Å². The number of rotatable bonds is 3. The minimum atomic E-state index is -0.157. The SMILES string of the molecule is CN1CCC[C@H](CNC(=O)Nc2ccc(Cl)cc2)C1. The number of benzene rings is 1. The molecular weight excluding hydrogens is 262 g/mol. The number of nitrogens with zero attached hydrogens (tertiary/aromatic N) is 1. The van der Waals surface area contributed by atoms with Crippen molar-refractivity contribution in [2.75, 3.05) is 32.0 Å². The Balaban J connectivity index is 1.73. The topological polar surface area (TPSA) is 44.4 Å². The second-order valence-electron chi connectivity index (χ2n) is 5.11. The van der Waals surface area contributed by atoms with Crippen LogP contribution in [0.3, 0.4) is 0 Å². The van der Waals surface area contributed by atoms with Crippen LogP contribution in [0.1, 0.15) is 12.8 Å². The van der Waals surface area contributed by atoms with Crippen molar-refractivity contribution in [2.24, 2.45) is 5.92 Å². The van der Waals surface area contributed by atoms with Crippen LogP contribution in [0, 0.1) is 5.92 Å². The third kappa shape index (κ3) is 4.73. The van der Waals surface area contributed by atoms with E-state index in [-0.39, 0.29) is 6.03 Å². The first-order chi connectivity index (χ1) is 9.13. The Bertz CT molecular complexity index is 421. The van der Waals surface area contributed by atoms with E-state index in [0.29, 0.717) is 10.9 Å². The lowest BCUT2D eigenvalue weighted by molar-refractivity contribution is 0.204. The third-order valence-electron chi connectivity index (χ3n) is 3.38. The Labute approximate surface area is 119 Å². The number of likely N-dealkylation sites (tertiary alicyclic amines) is 1. The lowest BCUT2D eigenvalue weighted by atomic mass is 9.99. The lowest BCUT2D eigenvalue weighted by Crippen LogP contribution is -2.40. The third-order valence-corrected chi connectivity index (χ3v) is 3.63. The molecule has 1 aromatic carbocycles. The number of amides is 2. The molecule has 0 bridgehead atoms. The molecule has 19 heavy (non-hydrogen) atoms. The summed E-state index contributed by atoms with van der Waals surface area (Å²) in [5.41, 5.74) is 0.752. The molecule has 4 nitrogen and oxygen atoms in total. The molecule has 0 radical (unpaired) electrons. The quantitative estimate of drug-likeness (QED) is 0.895. The van der Waals surface area contributed by atoms with E-state index >= 15 is 0 Å². The number of hydrogen-bond acceptors (Lipinski definition) is 2. The highest BCUT2D eigenvalue weighted by molar-refractivity contribution is 6.30. The van der Waals surface area contributed by atoms with Crippen LogP contribution in [-0.4, -0.2) is 37.6 Å². The molecular formula is C14H20ClN3O. The zero-order valence-corrected chi connectivity index (χ0v) is 11.9. The van der Waals surface area contributed by atoms with Gasteiger partial charge in [-0.2, -0.15) is 0 Å². The summed E-state index contributed by atoms with van der Waals surface area (Å²) in [6.45, 7) is 2.94. The van der Waals surface area contributed by atoms with Crippen LogP contribution < -0.4 is 10.6 Å². The molecule has 1 fully saturated rings. The first-order valence-electron chi connectivity index (χ1n) is 6.62. The van der Waals surface area contributed by atoms with Gasteiger partial charge in [-0.15, -0.1) is 0 Å². The van der Waals surface area contributed by atoms with Crippen molar-refractivity contribution in [3.05, 3.63) is 29.3 Å². The number of urea groups is 1. The van der Waals surface area contributed by atoms with E-state index in [1.54, 1.807) is 24.3 Å². The molecule has 0 aromatic heterocycles. The van der Waals surface area contributed by atoms with E-state index in [4.69, 9.17) is 11.6 Å². The van der Waals surface area contributed by atoms with Gasteiger partial charge in [0, 0.05) is 23.8 Å². The van der Waals surface area contributed by atoms with E-state index in [1.807, 2.05) is 0 Å². The fourth-order valence-corrected chi connectivity index (χ4v) is 2.51. The lowest BCUT2D eigenvalue weighted by Gasteiger charge is -2.29. The van der Waals surface area contributed by atoms with Gasteiger partial charge in [0.15, 0.2) is 0 Å². The van der Waals surface area contributed by atoms with Crippen molar-refractivity contribution in [3.63, 3.8) is 0 Å². The van der Waals surface area contributed by atoms with Gasteiger partial charge < -0.3 is 15.5 Å². The largest absolute Gasteiger partial charge is 0.338 e. The number of carbonyl (C=O) groups excluding carboxylic acids is 1. The zero-order valence-electron chi connectivity index (χ0n) is 11.2. The van der Waals surface area contributed by atoms with Gasteiger partial charge in [-0.05, 0) is 56.6 Å². The summed E-state index contributed by atoms with van der Waals surface area (Å²) in [7, 11) is 2.12. The van der Waals surface area contributed by atoms with Crippen molar-refractivity contribution in [3.8, 4) is 0 Å². The predicted octanol–water partition coefficient (Wildman–Crippen LogP) is 2.80. The average molecular weight is 282 g/mol. The molecule has 2 N–H and O–H groups in total. The van der Waals surface area contributed by atoms with Crippen LogP contribution in [0.5, 0.6) is 0 Å². The smallest absolute Gasteiger partial charge is 0.319 e. The van der Waals surface area contributed by atoms with Crippen molar-refractivity contribution in [1.29, 1.82) is 0 Å². The molecule has 0 saturated carbocycles. The van der Waals surface area contributed by atoms with Crippen LogP contribution in [-0.2, 0) is 0 Å². The average Bonchev–Trinajstić information content (AvgIpc) is 2.39. The van der Waals surface area contributed by atoms with Gasteiger partial charge in [-0.1, -0.05) is 11.6 Å². The maximum absolute atomic E-state index is 11.8. The minimum Gasteiger partial charge on any atom is -0.338 e. The maximum Gasteiger partial charge on any atom is 0.319 e. The molecule has 104 valence electrons. The number of nitrogens with one attached hydrogen (secondary N) is 2. The highest BCUT2D eigenvalue weighted by Gasteiger charge is 2.17. The van der Waals surface area contributed by atoms with Gasteiger partial charge >= 0.3 is 6.03 Å². The number of piperidine rings is 1.